The number of ketones is 1. The van der Waals surface area contributed by atoms with E-state index in [0.717, 1.165) is 17.7 Å². The Morgan fingerprint density at radius 1 is 1.21 bits per heavy atom. The molecule has 2 aliphatic rings. The van der Waals surface area contributed by atoms with Crippen molar-refractivity contribution < 1.29 is 23.5 Å². The molecule has 6 nitrogen and oxygen atoms in total. The van der Waals surface area contributed by atoms with Crippen molar-refractivity contribution in [1.29, 1.82) is 0 Å². The van der Waals surface area contributed by atoms with Gasteiger partial charge in [0.15, 0.2) is 5.78 Å². The number of amides is 2. The highest BCUT2D eigenvalue weighted by Gasteiger charge is 2.32. The monoisotopic (exact) mass is 452 g/mol. The number of ether oxygens (including phenoxy) is 1. The zero-order valence-corrected chi connectivity index (χ0v) is 19.2. The van der Waals surface area contributed by atoms with Crippen molar-refractivity contribution in [3.8, 4) is 5.75 Å². The number of benzene rings is 2. The smallest absolute Gasteiger partial charge is 0.226 e. The van der Waals surface area contributed by atoms with E-state index in [-0.39, 0.29) is 48.2 Å². The Bertz CT molecular complexity index is 1110. The van der Waals surface area contributed by atoms with Crippen molar-refractivity contribution in [1.82, 2.24) is 10.6 Å². The maximum Gasteiger partial charge on any atom is 0.226 e. The lowest BCUT2D eigenvalue weighted by Crippen LogP contribution is -2.39. The third-order valence-corrected chi connectivity index (χ3v) is 6.22. The van der Waals surface area contributed by atoms with Crippen molar-refractivity contribution in [3.05, 3.63) is 64.5 Å². The van der Waals surface area contributed by atoms with Crippen LogP contribution in [-0.4, -0.2) is 30.7 Å². The molecule has 1 saturated heterocycles. The lowest BCUT2D eigenvalue weighted by Gasteiger charge is -2.22. The van der Waals surface area contributed by atoms with E-state index in [1.54, 1.807) is 18.2 Å². The highest BCUT2D eigenvalue weighted by atomic mass is 19.1. The molecule has 33 heavy (non-hydrogen) atoms. The summed E-state index contributed by atoms with van der Waals surface area (Å²) in [7, 11) is 0. The highest BCUT2D eigenvalue weighted by Crippen LogP contribution is 2.30. The SMILES string of the molecule is CC(C)(C)c1ccc(CC(=O)[C@H](NC(=O)[C@@H]2CNC(=O)C2)c2ccc3c(c2)CCO3)cc1F. The zero-order valence-electron chi connectivity index (χ0n) is 19.2. The predicted octanol–water partition coefficient (Wildman–Crippen LogP) is 3.16. The number of nitrogens with one attached hydrogen (secondary N) is 2. The van der Waals surface area contributed by atoms with Crippen LogP contribution in [-0.2, 0) is 32.6 Å². The van der Waals surface area contributed by atoms with Gasteiger partial charge in [-0.25, -0.2) is 4.39 Å². The number of carbonyl (C=O) groups excluding carboxylic acids is 3. The Balaban J connectivity index is 1.58. The van der Waals surface area contributed by atoms with Gasteiger partial charge in [0, 0.05) is 25.8 Å². The molecule has 0 aromatic heterocycles. The molecule has 2 aromatic rings. The number of carbonyl (C=O) groups is 3. The summed E-state index contributed by atoms with van der Waals surface area (Å²) in [6, 6.07) is 9.44. The Morgan fingerprint density at radius 2 is 2.00 bits per heavy atom. The minimum absolute atomic E-state index is 0.0261. The van der Waals surface area contributed by atoms with Gasteiger partial charge >= 0.3 is 0 Å². The molecular formula is C26H29FN2O4. The van der Waals surface area contributed by atoms with E-state index in [9.17, 15) is 18.8 Å². The molecule has 174 valence electrons. The fourth-order valence-corrected chi connectivity index (χ4v) is 4.37. The van der Waals surface area contributed by atoms with E-state index in [1.165, 1.54) is 6.07 Å². The second-order valence-electron chi connectivity index (χ2n) is 9.82. The lowest BCUT2D eigenvalue weighted by atomic mass is 9.85. The summed E-state index contributed by atoms with van der Waals surface area (Å²) < 4.78 is 20.2. The Hall–Kier alpha value is -3.22. The molecule has 0 unspecified atom stereocenters. The summed E-state index contributed by atoms with van der Waals surface area (Å²) >= 11 is 0. The highest BCUT2D eigenvalue weighted by molar-refractivity contribution is 5.94. The molecule has 2 atom stereocenters. The topological polar surface area (TPSA) is 84.5 Å². The number of halogens is 1. The fourth-order valence-electron chi connectivity index (χ4n) is 4.37. The third kappa shape index (κ3) is 5.07. The lowest BCUT2D eigenvalue weighted by molar-refractivity contribution is -0.130. The van der Waals surface area contributed by atoms with Gasteiger partial charge in [0.25, 0.3) is 0 Å². The molecule has 1 fully saturated rings. The van der Waals surface area contributed by atoms with Crippen LogP contribution in [0.25, 0.3) is 0 Å². The predicted molar refractivity (Wildman–Crippen MR) is 121 cm³/mol. The van der Waals surface area contributed by atoms with E-state index < -0.39 is 12.0 Å². The molecule has 2 heterocycles. The molecule has 0 saturated carbocycles. The van der Waals surface area contributed by atoms with Crippen LogP contribution >= 0.6 is 0 Å². The molecular weight excluding hydrogens is 423 g/mol. The standard InChI is InChI=1S/C26H29FN2O4/c1-26(2,3)19-6-4-15(10-20(19)27)11-21(30)24(29-25(32)18-13-23(31)28-14-18)17-5-7-22-16(12-17)8-9-33-22/h4-7,10,12,18,24H,8-9,11,13-14H2,1-3H3,(H,28,31)(H,29,32)/t18-,24+/m0/s1. The largest absolute Gasteiger partial charge is 0.493 e. The second kappa shape index (κ2) is 8.96. The van der Waals surface area contributed by atoms with E-state index in [0.29, 0.717) is 23.3 Å². The van der Waals surface area contributed by atoms with Gasteiger partial charge < -0.3 is 15.4 Å². The summed E-state index contributed by atoms with van der Waals surface area (Å²) in [6.07, 6.45) is 0.810. The minimum atomic E-state index is -0.899. The number of hydrogen-bond donors (Lipinski definition) is 2. The van der Waals surface area contributed by atoms with Crippen LogP contribution in [0.1, 0.15) is 55.5 Å². The Labute approximate surface area is 192 Å². The summed E-state index contributed by atoms with van der Waals surface area (Å²) in [5.74, 6) is -0.864. The van der Waals surface area contributed by atoms with Gasteiger partial charge in [-0.2, -0.15) is 0 Å². The van der Waals surface area contributed by atoms with Crippen molar-refractivity contribution in [3.63, 3.8) is 0 Å². The summed E-state index contributed by atoms with van der Waals surface area (Å²) in [4.78, 5) is 37.7. The summed E-state index contributed by atoms with van der Waals surface area (Å²) in [6.45, 7) is 6.63. The van der Waals surface area contributed by atoms with Gasteiger partial charge in [-0.1, -0.05) is 39.0 Å². The molecule has 2 aliphatic heterocycles. The molecule has 2 aromatic carbocycles. The fraction of sp³-hybridized carbons (Fsp3) is 0.423. The quantitative estimate of drug-likeness (QED) is 0.705. The van der Waals surface area contributed by atoms with Gasteiger partial charge in [-0.15, -0.1) is 0 Å². The molecule has 7 heteroatoms. The van der Waals surface area contributed by atoms with E-state index >= 15 is 0 Å². The first-order valence-corrected chi connectivity index (χ1v) is 11.3. The van der Waals surface area contributed by atoms with Crippen LogP contribution in [0.3, 0.4) is 0 Å². The van der Waals surface area contributed by atoms with Gasteiger partial charge in [-0.3, -0.25) is 14.4 Å². The molecule has 4 rings (SSSR count). The van der Waals surface area contributed by atoms with Crippen LogP contribution < -0.4 is 15.4 Å². The van der Waals surface area contributed by atoms with Crippen molar-refractivity contribution in [2.24, 2.45) is 5.92 Å². The van der Waals surface area contributed by atoms with Gasteiger partial charge in [0.05, 0.1) is 12.5 Å². The normalized spacial score (nSPS) is 18.3. The second-order valence-corrected chi connectivity index (χ2v) is 9.82. The van der Waals surface area contributed by atoms with Crippen molar-refractivity contribution in [2.45, 2.75) is 51.5 Å². The minimum Gasteiger partial charge on any atom is -0.493 e. The third-order valence-electron chi connectivity index (χ3n) is 6.22. The van der Waals surface area contributed by atoms with Gasteiger partial charge in [-0.05, 0) is 45.9 Å². The molecule has 0 radical (unpaired) electrons. The van der Waals surface area contributed by atoms with Crippen LogP contribution in [0.15, 0.2) is 36.4 Å². The van der Waals surface area contributed by atoms with Crippen LogP contribution in [0.4, 0.5) is 4.39 Å². The van der Waals surface area contributed by atoms with Crippen LogP contribution in [0.5, 0.6) is 5.75 Å². The number of Topliss-reactive ketones (excluding diaryl/α,β-unsaturated/α-hetero) is 1. The molecule has 0 spiro atoms. The molecule has 2 amide bonds. The molecule has 2 N–H and O–H groups in total. The van der Waals surface area contributed by atoms with E-state index in [1.807, 2.05) is 32.9 Å². The van der Waals surface area contributed by atoms with Crippen molar-refractivity contribution >= 4 is 17.6 Å². The Morgan fingerprint density at radius 3 is 2.67 bits per heavy atom. The molecule has 0 bridgehead atoms. The average molecular weight is 453 g/mol. The van der Waals surface area contributed by atoms with E-state index in [4.69, 9.17) is 4.74 Å². The number of hydrogen-bond acceptors (Lipinski definition) is 4. The van der Waals surface area contributed by atoms with Gasteiger partial charge in [0.2, 0.25) is 11.8 Å². The number of rotatable bonds is 6. The summed E-state index contributed by atoms with van der Waals surface area (Å²) in [5.41, 5.74) is 2.43. The average Bonchev–Trinajstić information content (AvgIpc) is 3.39. The van der Waals surface area contributed by atoms with E-state index in [2.05, 4.69) is 10.6 Å². The van der Waals surface area contributed by atoms with Gasteiger partial charge in [0.1, 0.15) is 17.6 Å². The maximum atomic E-state index is 14.7. The summed E-state index contributed by atoms with van der Waals surface area (Å²) in [5, 5.41) is 5.49. The molecule has 0 aliphatic carbocycles. The first-order valence-electron chi connectivity index (χ1n) is 11.3. The number of fused-ring (bicyclic) bond motifs is 1. The van der Waals surface area contributed by atoms with Crippen LogP contribution in [0.2, 0.25) is 0 Å². The zero-order chi connectivity index (χ0) is 23.8. The first-order chi connectivity index (χ1) is 15.6. The maximum absolute atomic E-state index is 14.7. The van der Waals surface area contributed by atoms with Crippen molar-refractivity contribution in [2.75, 3.05) is 13.2 Å². The first kappa shape index (κ1) is 23.0. The van der Waals surface area contributed by atoms with Crippen LogP contribution in [0, 0.1) is 11.7 Å². The Kier molecular flexibility index (Phi) is 6.23.